The first-order valence-corrected chi connectivity index (χ1v) is 6.33. The number of ether oxygens (including phenoxy) is 1. The van der Waals surface area contributed by atoms with Crippen molar-refractivity contribution in [3.05, 3.63) is 32.4 Å². The summed E-state index contributed by atoms with van der Waals surface area (Å²) in [7, 11) is 1.50. The molecule has 0 atom stereocenters. The molecule has 0 spiro atoms. The van der Waals surface area contributed by atoms with Crippen LogP contribution in [-0.4, -0.2) is 33.3 Å². The van der Waals surface area contributed by atoms with Crippen LogP contribution in [0.4, 0.5) is 0 Å². The van der Waals surface area contributed by atoms with Crippen molar-refractivity contribution in [1.29, 1.82) is 0 Å². The Labute approximate surface area is 121 Å². The number of halogens is 1. The molecule has 0 bridgehead atoms. The lowest BCUT2D eigenvalue weighted by Crippen LogP contribution is -1.92. The highest BCUT2D eigenvalue weighted by molar-refractivity contribution is 14.1. The van der Waals surface area contributed by atoms with Crippen LogP contribution in [-0.2, 0) is 0 Å². The van der Waals surface area contributed by atoms with Gasteiger partial charge in [-0.15, -0.1) is 0 Å². The third kappa shape index (κ3) is 2.70. The first kappa shape index (κ1) is 13.0. The highest BCUT2D eigenvalue weighted by Gasteiger charge is 2.07. The summed E-state index contributed by atoms with van der Waals surface area (Å²) in [6.07, 6.45) is 3.08. The SMILES string of the molecule is COc1cc(/C=N/n2cn[nH]c2=S)cc(I)c1O. The zero-order valence-electron chi connectivity index (χ0n) is 9.29. The summed E-state index contributed by atoms with van der Waals surface area (Å²) in [5, 5.41) is 20.2. The number of phenolic OH excluding ortho intramolecular Hbond substituents is 1. The van der Waals surface area contributed by atoms with Crippen molar-refractivity contribution in [3.8, 4) is 11.5 Å². The van der Waals surface area contributed by atoms with Crippen molar-refractivity contribution >= 4 is 41.0 Å². The number of nitrogens with zero attached hydrogens (tertiary/aromatic N) is 3. The summed E-state index contributed by atoms with van der Waals surface area (Å²) in [5.41, 5.74) is 0.789. The van der Waals surface area contributed by atoms with Crippen LogP contribution in [0.1, 0.15) is 5.56 Å². The standard InChI is InChI=1S/C10H9IN4O2S/c1-17-8-3-6(2-7(11)9(8)16)4-13-15-5-12-14-10(15)18/h2-5,16H,1H3,(H,14,18)/b13-4+. The van der Waals surface area contributed by atoms with E-state index in [0.717, 1.165) is 5.56 Å². The molecule has 0 aliphatic heterocycles. The molecule has 0 radical (unpaired) electrons. The maximum atomic E-state index is 9.70. The van der Waals surface area contributed by atoms with Crippen molar-refractivity contribution < 1.29 is 9.84 Å². The van der Waals surface area contributed by atoms with Gasteiger partial charge in [0.25, 0.3) is 0 Å². The van der Waals surface area contributed by atoms with E-state index in [0.29, 0.717) is 14.1 Å². The van der Waals surface area contributed by atoms with Crippen molar-refractivity contribution in [2.75, 3.05) is 7.11 Å². The van der Waals surface area contributed by atoms with Crippen LogP contribution < -0.4 is 4.74 Å². The van der Waals surface area contributed by atoms with E-state index in [1.165, 1.54) is 18.1 Å². The van der Waals surface area contributed by atoms with Gasteiger partial charge in [0.2, 0.25) is 4.77 Å². The van der Waals surface area contributed by atoms with Crippen LogP contribution in [0.2, 0.25) is 0 Å². The molecule has 2 aromatic rings. The quantitative estimate of drug-likeness (QED) is 0.489. The molecule has 94 valence electrons. The molecule has 0 aliphatic carbocycles. The van der Waals surface area contributed by atoms with Gasteiger partial charge in [-0.1, -0.05) is 0 Å². The number of aromatic nitrogens is 3. The van der Waals surface area contributed by atoms with E-state index in [1.54, 1.807) is 18.3 Å². The Bertz CT molecular complexity index is 650. The molecule has 0 saturated carbocycles. The molecule has 6 nitrogen and oxygen atoms in total. The van der Waals surface area contributed by atoms with E-state index in [4.69, 9.17) is 17.0 Å². The van der Waals surface area contributed by atoms with E-state index < -0.39 is 0 Å². The van der Waals surface area contributed by atoms with Gasteiger partial charge in [-0.2, -0.15) is 14.9 Å². The number of aromatic amines is 1. The van der Waals surface area contributed by atoms with Gasteiger partial charge in [-0.3, -0.25) is 5.10 Å². The average molecular weight is 376 g/mol. The number of nitrogens with one attached hydrogen (secondary N) is 1. The molecule has 1 aromatic carbocycles. The molecule has 1 heterocycles. The fourth-order valence-corrected chi connectivity index (χ4v) is 2.05. The van der Waals surface area contributed by atoms with Crippen molar-refractivity contribution in [2.45, 2.75) is 0 Å². The third-order valence-electron chi connectivity index (χ3n) is 2.14. The molecule has 0 fully saturated rings. The zero-order chi connectivity index (χ0) is 13.1. The highest BCUT2D eigenvalue weighted by atomic mass is 127. The molecule has 0 aliphatic rings. The fraction of sp³-hybridized carbons (Fsp3) is 0.100. The predicted octanol–water partition coefficient (Wildman–Crippen LogP) is 2.14. The topological polar surface area (TPSA) is 75.4 Å². The molecule has 1 aromatic heterocycles. The van der Waals surface area contributed by atoms with Crippen molar-refractivity contribution in [3.63, 3.8) is 0 Å². The molecule has 2 N–H and O–H groups in total. The third-order valence-corrected chi connectivity index (χ3v) is 3.24. The first-order valence-electron chi connectivity index (χ1n) is 4.84. The highest BCUT2D eigenvalue weighted by Crippen LogP contribution is 2.31. The Morgan fingerprint density at radius 1 is 1.61 bits per heavy atom. The molecule has 2 rings (SSSR count). The van der Waals surface area contributed by atoms with Gasteiger partial charge in [0.1, 0.15) is 6.33 Å². The number of hydrogen-bond donors (Lipinski definition) is 2. The van der Waals surface area contributed by atoms with Gasteiger partial charge >= 0.3 is 0 Å². The number of rotatable bonds is 3. The Morgan fingerprint density at radius 2 is 2.39 bits per heavy atom. The van der Waals surface area contributed by atoms with Gasteiger partial charge in [0.15, 0.2) is 11.5 Å². The number of aromatic hydroxyl groups is 1. The molecule has 8 heteroatoms. The lowest BCUT2D eigenvalue weighted by atomic mass is 10.2. The smallest absolute Gasteiger partial charge is 0.216 e. The minimum atomic E-state index is 0.121. The second-order valence-corrected chi connectivity index (χ2v) is 4.85. The van der Waals surface area contributed by atoms with Crippen LogP contribution in [0, 0.1) is 8.34 Å². The van der Waals surface area contributed by atoms with Crippen LogP contribution >= 0.6 is 34.8 Å². The largest absolute Gasteiger partial charge is 0.504 e. The van der Waals surface area contributed by atoms with E-state index in [-0.39, 0.29) is 5.75 Å². The van der Waals surface area contributed by atoms with Gasteiger partial charge in [0.05, 0.1) is 16.9 Å². The Balaban J connectivity index is 2.35. The van der Waals surface area contributed by atoms with Gasteiger partial charge in [-0.25, -0.2) is 0 Å². The zero-order valence-corrected chi connectivity index (χ0v) is 12.3. The maximum absolute atomic E-state index is 9.70. The number of H-pyrrole nitrogens is 1. The number of methoxy groups -OCH3 is 1. The van der Waals surface area contributed by atoms with E-state index in [2.05, 4.69) is 15.3 Å². The molecular weight excluding hydrogens is 367 g/mol. The molecular formula is C10H9IN4O2S. The Kier molecular flexibility index (Phi) is 3.97. The number of phenols is 1. The van der Waals surface area contributed by atoms with Crippen LogP contribution in [0.3, 0.4) is 0 Å². The summed E-state index contributed by atoms with van der Waals surface area (Å²) in [4.78, 5) is 0. The predicted molar refractivity (Wildman–Crippen MR) is 77.8 cm³/mol. The van der Waals surface area contributed by atoms with E-state index >= 15 is 0 Å². The van der Waals surface area contributed by atoms with Gasteiger partial charge in [-0.05, 0) is 52.5 Å². The number of benzene rings is 1. The molecule has 0 unspecified atom stereocenters. The second kappa shape index (κ2) is 5.48. The van der Waals surface area contributed by atoms with Crippen molar-refractivity contribution in [1.82, 2.24) is 14.9 Å². The van der Waals surface area contributed by atoms with Crippen LogP contribution in [0.25, 0.3) is 0 Å². The van der Waals surface area contributed by atoms with Gasteiger partial charge < -0.3 is 9.84 Å². The summed E-state index contributed by atoms with van der Waals surface area (Å²) < 4.78 is 7.59. The minimum absolute atomic E-state index is 0.121. The minimum Gasteiger partial charge on any atom is -0.504 e. The Hall–Kier alpha value is -1.42. The molecule has 0 amide bonds. The summed E-state index contributed by atoms with van der Waals surface area (Å²) in [6.45, 7) is 0. The summed E-state index contributed by atoms with van der Waals surface area (Å²) in [6, 6.07) is 3.47. The second-order valence-electron chi connectivity index (χ2n) is 3.30. The van der Waals surface area contributed by atoms with E-state index in [9.17, 15) is 5.11 Å². The maximum Gasteiger partial charge on any atom is 0.216 e. The van der Waals surface area contributed by atoms with Crippen LogP contribution in [0.15, 0.2) is 23.6 Å². The normalized spacial score (nSPS) is 11.0. The number of hydrogen-bond acceptors (Lipinski definition) is 5. The molecule has 18 heavy (non-hydrogen) atoms. The summed E-state index contributed by atoms with van der Waals surface area (Å²) >= 11 is 6.98. The average Bonchev–Trinajstić information content (AvgIpc) is 2.76. The first-order chi connectivity index (χ1) is 8.61. The monoisotopic (exact) mass is 376 g/mol. The van der Waals surface area contributed by atoms with E-state index in [1.807, 2.05) is 22.6 Å². The summed E-state index contributed by atoms with van der Waals surface area (Å²) in [5.74, 6) is 0.523. The molecule has 0 saturated heterocycles. The Morgan fingerprint density at radius 3 is 3.00 bits per heavy atom. The van der Waals surface area contributed by atoms with Crippen molar-refractivity contribution in [2.24, 2.45) is 5.10 Å². The fourth-order valence-electron chi connectivity index (χ4n) is 1.28. The van der Waals surface area contributed by atoms with Gasteiger partial charge in [0, 0.05) is 0 Å². The lowest BCUT2D eigenvalue weighted by molar-refractivity contribution is 0.371. The van der Waals surface area contributed by atoms with Crippen LogP contribution in [0.5, 0.6) is 11.5 Å². The lowest BCUT2D eigenvalue weighted by Gasteiger charge is -2.06.